The van der Waals surface area contributed by atoms with E-state index >= 15 is 0 Å². The first kappa shape index (κ1) is 14.2. The second kappa shape index (κ2) is 5.02. The lowest BCUT2D eigenvalue weighted by atomic mass is 10.1. The Bertz CT molecular complexity index is 543. The molecule has 2 rings (SSSR count). The quantitative estimate of drug-likeness (QED) is 0.690. The Balaban J connectivity index is 2.16. The molecule has 0 heterocycles. The highest BCUT2D eigenvalue weighted by Gasteiger charge is 2.56. The number of halogens is 2. The number of aryl methyl sites for hydroxylation is 1. The molecule has 1 amide bonds. The number of hydrogen-bond acceptors (Lipinski definition) is 3. The molecule has 1 unspecified atom stereocenters. The monoisotopic (exact) mass is 301 g/mol. The number of esters is 1. The number of methoxy groups -OCH3 is 1. The van der Waals surface area contributed by atoms with Crippen LogP contribution in [0.3, 0.4) is 0 Å². The van der Waals surface area contributed by atoms with Crippen LogP contribution in [0.2, 0.25) is 0 Å². The number of anilines is 1. The van der Waals surface area contributed by atoms with Crippen LogP contribution in [0.4, 0.5) is 5.69 Å². The third-order valence-corrected chi connectivity index (χ3v) is 3.89. The minimum Gasteiger partial charge on any atom is -0.465 e. The van der Waals surface area contributed by atoms with Crippen molar-refractivity contribution in [1.29, 1.82) is 0 Å². The molecule has 1 aromatic carbocycles. The lowest BCUT2D eigenvalue weighted by Gasteiger charge is -2.10. The predicted molar refractivity (Wildman–Crippen MR) is 73.7 cm³/mol. The van der Waals surface area contributed by atoms with Gasteiger partial charge in [-0.15, -0.1) is 23.2 Å². The summed E-state index contributed by atoms with van der Waals surface area (Å²) < 4.78 is 3.67. The number of alkyl halides is 2. The lowest BCUT2D eigenvalue weighted by molar-refractivity contribution is -0.117. The molecule has 0 aliphatic heterocycles. The summed E-state index contributed by atoms with van der Waals surface area (Å²) in [5, 5.41) is 2.73. The minimum absolute atomic E-state index is 0.241. The maximum Gasteiger partial charge on any atom is 0.337 e. The van der Waals surface area contributed by atoms with E-state index in [1.807, 2.05) is 6.92 Å². The van der Waals surface area contributed by atoms with Crippen molar-refractivity contribution in [3.05, 3.63) is 29.3 Å². The lowest BCUT2D eigenvalue weighted by Crippen LogP contribution is -2.18. The molecule has 1 atom stereocenters. The zero-order valence-corrected chi connectivity index (χ0v) is 12.0. The Morgan fingerprint density at radius 3 is 2.58 bits per heavy atom. The van der Waals surface area contributed by atoms with Crippen molar-refractivity contribution in [2.24, 2.45) is 5.92 Å². The Labute approximate surface area is 121 Å². The number of carbonyl (C=O) groups excluding carboxylic acids is 2. The van der Waals surface area contributed by atoms with E-state index in [0.29, 0.717) is 17.7 Å². The predicted octanol–water partition coefficient (Wildman–Crippen LogP) is 2.91. The molecule has 6 heteroatoms. The van der Waals surface area contributed by atoms with Gasteiger partial charge < -0.3 is 10.1 Å². The molecule has 0 saturated heterocycles. The highest BCUT2D eigenvalue weighted by Crippen LogP contribution is 2.53. The smallest absolute Gasteiger partial charge is 0.337 e. The summed E-state index contributed by atoms with van der Waals surface area (Å²) in [4.78, 5) is 23.3. The van der Waals surface area contributed by atoms with E-state index in [4.69, 9.17) is 23.2 Å². The van der Waals surface area contributed by atoms with Gasteiger partial charge in [-0.25, -0.2) is 4.79 Å². The molecule has 0 spiro atoms. The van der Waals surface area contributed by atoms with Crippen LogP contribution >= 0.6 is 23.2 Å². The average Bonchev–Trinajstić information content (AvgIpc) is 3.00. The second-order valence-electron chi connectivity index (χ2n) is 4.53. The van der Waals surface area contributed by atoms with Crippen molar-refractivity contribution in [1.82, 2.24) is 0 Å². The van der Waals surface area contributed by atoms with Crippen LogP contribution in [-0.4, -0.2) is 23.3 Å². The largest absolute Gasteiger partial charge is 0.465 e. The second-order valence-corrected chi connectivity index (χ2v) is 6.07. The first-order chi connectivity index (χ1) is 8.85. The molecule has 1 aromatic rings. The van der Waals surface area contributed by atoms with Gasteiger partial charge in [-0.1, -0.05) is 6.07 Å². The number of benzene rings is 1. The standard InChI is InChI=1S/C13H13Cl2NO3/c1-7-3-4-8(12(18)19-2)5-10(7)16-11(17)9-6-13(9,14)15/h3-5,9H,6H2,1-2H3,(H,16,17). The topological polar surface area (TPSA) is 55.4 Å². The van der Waals surface area contributed by atoms with E-state index in [0.717, 1.165) is 5.56 Å². The molecular weight excluding hydrogens is 289 g/mol. The molecule has 1 N–H and O–H groups in total. The van der Waals surface area contributed by atoms with Crippen LogP contribution < -0.4 is 5.32 Å². The highest BCUT2D eigenvalue weighted by molar-refractivity contribution is 6.52. The molecule has 4 nitrogen and oxygen atoms in total. The third kappa shape index (κ3) is 3.01. The number of carbonyl (C=O) groups is 2. The summed E-state index contributed by atoms with van der Waals surface area (Å²) in [6.45, 7) is 1.83. The van der Waals surface area contributed by atoms with E-state index in [1.54, 1.807) is 18.2 Å². The molecule has 102 valence electrons. The maximum absolute atomic E-state index is 11.9. The fourth-order valence-corrected chi connectivity index (χ4v) is 2.23. The number of ether oxygens (including phenoxy) is 1. The number of amides is 1. The average molecular weight is 302 g/mol. The van der Waals surface area contributed by atoms with Gasteiger partial charge in [-0.05, 0) is 31.0 Å². The van der Waals surface area contributed by atoms with Gasteiger partial charge in [0, 0.05) is 5.69 Å². The first-order valence-corrected chi connectivity index (χ1v) is 6.48. The van der Waals surface area contributed by atoms with Crippen molar-refractivity contribution >= 4 is 40.8 Å². The summed E-state index contributed by atoms with van der Waals surface area (Å²) in [5.41, 5.74) is 1.78. The van der Waals surface area contributed by atoms with E-state index in [-0.39, 0.29) is 5.91 Å². The van der Waals surface area contributed by atoms with Gasteiger partial charge in [0.2, 0.25) is 5.91 Å². The Morgan fingerprint density at radius 1 is 1.42 bits per heavy atom. The molecule has 0 aromatic heterocycles. The Hall–Kier alpha value is -1.26. The van der Waals surface area contributed by atoms with Gasteiger partial charge in [0.1, 0.15) is 4.33 Å². The van der Waals surface area contributed by atoms with E-state index < -0.39 is 16.2 Å². The summed E-state index contributed by atoms with van der Waals surface area (Å²) >= 11 is 11.7. The van der Waals surface area contributed by atoms with Crippen molar-refractivity contribution in [2.75, 3.05) is 12.4 Å². The first-order valence-electron chi connectivity index (χ1n) is 5.73. The maximum atomic E-state index is 11.9. The summed E-state index contributed by atoms with van der Waals surface area (Å²) in [7, 11) is 1.31. The number of hydrogen-bond donors (Lipinski definition) is 1. The van der Waals surface area contributed by atoms with Crippen molar-refractivity contribution < 1.29 is 14.3 Å². The Kier molecular flexibility index (Phi) is 3.74. The fraction of sp³-hybridized carbons (Fsp3) is 0.385. The SMILES string of the molecule is COC(=O)c1ccc(C)c(NC(=O)C2CC2(Cl)Cl)c1. The van der Waals surface area contributed by atoms with Gasteiger partial charge in [0.25, 0.3) is 0 Å². The fourth-order valence-electron chi connectivity index (χ4n) is 1.72. The van der Waals surface area contributed by atoms with E-state index in [9.17, 15) is 9.59 Å². The zero-order chi connectivity index (χ0) is 14.2. The van der Waals surface area contributed by atoms with Crippen LogP contribution in [0.1, 0.15) is 22.3 Å². The molecule has 1 saturated carbocycles. The molecule has 19 heavy (non-hydrogen) atoms. The van der Waals surface area contributed by atoms with Gasteiger partial charge in [-0.3, -0.25) is 4.79 Å². The molecule has 1 aliphatic carbocycles. The van der Waals surface area contributed by atoms with Crippen LogP contribution in [0, 0.1) is 12.8 Å². The van der Waals surface area contributed by atoms with Gasteiger partial charge >= 0.3 is 5.97 Å². The molecule has 0 radical (unpaired) electrons. The van der Waals surface area contributed by atoms with Crippen LogP contribution in [-0.2, 0) is 9.53 Å². The van der Waals surface area contributed by atoms with Crippen molar-refractivity contribution in [2.45, 2.75) is 17.7 Å². The molecule has 0 bridgehead atoms. The number of rotatable bonds is 3. The Morgan fingerprint density at radius 2 is 2.05 bits per heavy atom. The van der Waals surface area contributed by atoms with Crippen molar-refractivity contribution in [3.63, 3.8) is 0 Å². The molecule has 1 fully saturated rings. The molecule has 1 aliphatic rings. The zero-order valence-electron chi connectivity index (χ0n) is 10.5. The highest BCUT2D eigenvalue weighted by atomic mass is 35.5. The summed E-state index contributed by atoms with van der Waals surface area (Å²) in [5.74, 6) is -1.10. The van der Waals surface area contributed by atoms with Gasteiger partial charge in [0.15, 0.2) is 0 Å². The number of nitrogens with one attached hydrogen (secondary N) is 1. The van der Waals surface area contributed by atoms with Crippen LogP contribution in [0.5, 0.6) is 0 Å². The van der Waals surface area contributed by atoms with Crippen LogP contribution in [0.25, 0.3) is 0 Å². The van der Waals surface area contributed by atoms with Gasteiger partial charge in [-0.2, -0.15) is 0 Å². The van der Waals surface area contributed by atoms with E-state index in [1.165, 1.54) is 7.11 Å². The molecular formula is C13H13Cl2NO3. The summed E-state index contributed by atoms with van der Waals surface area (Å²) in [6, 6.07) is 4.95. The minimum atomic E-state index is -0.960. The summed E-state index contributed by atoms with van der Waals surface area (Å²) in [6.07, 6.45) is 0.442. The van der Waals surface area contributed by atoms with Crippen LogP contribution in [0.15, 0.2) is 18.2 Å². The third-order valence-electron chi connectivity index (χ3n) is 3.06. The van der Waals surface area contributed by atoms with Gasteiger partial charge in [0.05, 0.1) is 18.6 Å². The van der Waals surface area contributed by atoms with E-state index in [2.05, 4.69) is 10.1 Å². The van der Waals surface area contributed by atoms with Crippen molar-refractivity contribution in [3.8, 4) is 0 Å². The normalized spacial score (nSPS) is 19.7.